The Hall–Kier alpha value is -2.71. The van der Waals surface area contributed by atoms with Crippen LogP contribution in [0.3, 0.4) is 0 Å². The fourth-order valence-corrected chi connectivity index (χ4v) is 4.44. The highest BCUT2D eigenvalue weighted by molar-refractivity contribution is 9.10. The number of nitrogens with one attached hydrogen (secondary N) is 1. The third-order valence-electron chi connectivity index (χ3n) is 4.81. The molecule has 2 aromatic carbocycles. The number of nitrogens with zero attached hydrogens (tertiary/aromatic N) is 1. The van der Waals surface area contributed by atoms with Crippen molar-refractivity contribution in [1.29, 1.82) is 0 Å². The number of sulfone groups is 1. The Kier molecular flexibility index (Phi) is 6.28. The Balaban J connectivity index is 1.75. The van der Waals surface area contributed by atoms with Gasteiger partial charge in [0.15, 0.2) is 9.84 Å². The van der Waals surface area contributed by atoms with Crippen molar-refractivity contribution in [3.05, 3.63) is 93.3 Å². The molecule has 1 heterocycles. The van der Waals surface area contributed by atoms with Crippen molar-refractivity contribution >= 4 is 37.4 Å². The van der Waals surface area contributed by atoms with Crippen LogP contribution in [-0.2, 0) is 21.2 Å². The summed E-state index contributed by atoms with van der Waals surface area (Å²) >= 11 is 3.27. The van der Waals surface area contributed by atoms with Crippen LogP contribution < -0.4 is 10.9 Å². The predicted molar refractivity (Wildman–Crippen MR) is 120 cm³/mol. The van der Waals surface area contributed by atoms with Gasteiger partial charge in [-0.1, -0.05) is 34.1 Å². The minimum Gasteiger partial charge on any atom is -0.325 e. The normalized spacial score (nSPS) is 11.8. The second-order valence-electron chi connectivity index (χ2n) is 7.29. The minimum atomic E-state index is -3.90. The van der Waals surface area contributed by atoms with E-state index < -0.39 is 20.5 Å². The number of pyridine rings is 1. The van der Waals surface area contributed by atoms with Gasteiger partial charge in [0.2, 0.25) is 5.91 Å². The molecule has 0 saturated carbocycles. The standard InChI is InChI=1S/C22H21BrN2O4S/c1-22(2,30(28,29)19-12-8-17(23)9-13-19)21(27)24-18-10-6-16(7-11-18)15-25-14-4-3-5-20(25)26/h3-14H,15H2,1-2H3,(H,24,27). The lowest BCUT2D eigenvalue weighted by Crippen LogP contribution is -2.44. The van der Waals surface area contributed by atoms with Gasteiger partial charge in [-0.25, -0.2) is 8.42 Å². The van der Waals surface area contributed by atoms with Crippen LogP contribution in [0.15, 0.2) is 87.1 Å². The van der Waals surface area contributed by atoms with Gasteiger partial charge >= 0.3 is 0 Å². The molecule has 0 aliphatic rings. The molecule has 0 bridgehead atoms. The Morgan fingerprint density at radius 2 is 1.63 bits per heavy atom. The van der Waals surface area contributed by atoms with Gasteiger partial charge in [-0.2, -0.15) is 0 Å². The molecule has 0 aliphatic carbocycles. The summed E-state index contributed by atoms with van der Waals surface area (Å²) in [5.74, 6) is -0.627. The summed E-state index contributed by atoms with van der Waals surface area (Å²) < 4.78 is 26.6. The lowest BCUT2D eigenvalue weighted by Gasteiger charge is -2.24. The molecule has 0 fully saturated rings. The number of rotatable bonds is 6. The Morgan fingerprint density at radius 1 is 1.00 bits per heavy atom. The number of halogens is 1. The second-order valence-corrected chi connectivity index (χ2v) is 10.7. The molecule has 30 heavy (non-hydrogen) atoms. The first kappa shape index (κ1) is 22.0. The monoisotopic (exact) mass is 488 g/mol. The van der Waals surface area contributed by atoms with Crippen molar-refractivity contribution in [2.75, 3.05) is 5.32 Å². The first-order chi connectivity index (χ1) is 14.1. The summed E-state index contributed by atoms with van der Waals surface area (Å²) in [5.41, 5.74) is 1.25. The van der Waals surface area contributed by atoms with Crippen LogP contribution in [0.4, 0.5) is 5.69 Å². The quantitative estimate of drug-likeness (QED) is 0.570. The molecular weight excluding hydrogens is 468 g/mol. The third kappa shape index (κ3) is 4.55. The van der Waals surface area contributed by atoms with E-state index in [4.69, 9.17) is 0 Å². The van der Waals surface area contributed by atoms with Crippen molar-refractivity contribution in [3.8, 4) is 0 Å². The van der Waals surface area contributed by atoms with Gasteiger partial charge in [-0.3, -0.25) is 9.59 Å². The Morgan fingerprint density at radius 3 is 2.23 bits per heavy atom. The van der Waals surface area contributed by atoms with E-state index in [1.165, 1.54) is 32.0 Å². The maximum atomic E-state index is 13.0. The van der Waals surface area contributed by atoms with Crippen LogP contribution in [0, 0.1) is 0 Å². The minimum absolute atomic E-state index is 0.0782. The molecule has 3 aromatic rings. The van der Waals surface area contributed by atoms with Gasteiger partial charge in [-0.15, -0.1) is 0 Å². The van der Waals surface area contributed by atoms with Crippen molar-refractivity contribution < 1.29 is 13.2 Å². The van der Waals surface area contributed by atoms with Crippen LogP contribution in [0.25, 0.3) is 0 Å². The highest BCUT2D eigenvalue weighted by Crippen LogP contribution is 2.28. The van der Waals surface area contributed by atoms with Gasteiger partial charge in [0, 0.05) is 22.4 Å². The zero-order valence-corrected chi connectivity index (χ0v) is 18.9. The maximum absolute atomic E-state index is 13.0. The summed E-state index contributed by atoms with van der Waals surface area (Å²) in [4.78, 5) is 24.7. The van der Waals surface area contributed by atoms with E-state index in [0.717, 1.165) is 10.0 Å². The number of hydrogen-bond donors (Lipinski definition) is 1. The number of hydrogen-bond acceptors (Lipinski definition) is 4. The molecule has 0 atom stereocenters. The molecule has 1 aromatic heterocycles. The largest absolute Gasteiger partial charge is 0.325 e. The fraction of sp³-hybridized carbons (Fsp3) is 0.182. The molecule has 156 valence electrons. The van der Waals surface area contributed by atoms with Crippen molar-refractivity contribution in [2.45, 2.75) is 30.0 Å². The molecule has 1 N–H and O–H groups in total. The summed E-state index contributed by atoms with van der Waals surface area (Å²) in [7, 11) is -3.90. The topological polar surface area (TPSA) is 85.2 Å². The zero-order chi connectivity index (χ0) is 21.9. The molecule has 0 radical (unpaired) electrons. The van der Waals surface area contributed by atoms with Crippen LogP contribution in [0.5, 0.6) is 0 Å². The first-order valence-electron chi connectivity index (χ1n) is 9.17. The first-order valence-corrected chi connectivity index (χ1v) is 11.4. The molecule has 6 nitrogen and oxygen atoms in total. The van der Waals surface area contributed by atoms with Gasteiger partial charge < -0.3 is 9.88 Å². The second kappa shape index (κ2) is 8.57. The van der Waals surface area contributed by atoms with Gasteiger partial charge in [-0.05, 0) is 61.9 Å². The van der Waals surface area contributed by atoms with E-state index in [1.807, 2.05) is 0 Å². The zero-order valence-electron chi connectivity index (χ0n) is 16.5. The number of amides is 1. The van der Waals surface area contributed by atoms with E-state index in [-0.39, 0.29) is 10.5 Å². The van der Waals surface area contributed by atoms with Gasteiger partial charge in [0.1, 0.15) is 4.75 Å². The maximum Gasteiger partial charge on any atom is 0.250 e. The number of benzene rings is 2. The molecule has 1 amide bonds. The third-order valence-corrected chi connectivity index (χ3v) is 7.76. The molecule has 0 saturated heterocycles. The number of carbonyl (C=O) groups excluding carboxylic acids is 1. The fourth-order valence-electron chi connectivity index (χ4n) is 2.79. The van der Waals surface area contributed by atoms with E-state index >= 15 is 0 Å². The average Bonchev–Trinajstić information content (AvgIpc) is 2.71. The van der Waals surface area contributed by atoms with E-state index in [1.54, 1.807) is 59.3 Å². The van der Waals surface area contributed by atoms with E-state index in [9.17, 15) is 18.0 Å². The van der Waals surface area contributed by atoms with Gasteiger partial charge in [0.05, 0.1) is 11.4 Å². The van der Waals surface area contributed by atoms with Crippen molar-refractivity contribution in [3.63, 3.8) is 0 Å². The number of anilines is 1. The van der Waals surface area contributed by atoms with Crippen LogP contribution in [0.2, 0.25) is 0 Å². The molecular formula is C22H21BrN2O4S. The summed E-state index contributed by atoms with van der Waals surface area (Å²) in [5, 5.41) is 2.68. The van der Waals surface area contributed by atoms with Crippen molar-refractivity contribution in [1.82, 2.24) is 4.57 Å². The smallest absolute Gasteiger partial charge is 0.250 e. The number of carbonyl (C=O) groups is 1. The summed E-state index contributed by atoms with van der Waals surface area (Å²) in [6.07, 6.45) is 1.70. The molecule has 0 spiro atoms. The molecule has 8 heteroatoms. The highest BCUT2D eigenvalue weighted by atomic mass is 79.9. The van der Waals surface area contributed by atoms with Crippen LogP contribution in [0.1, 0.15) is 19.4 Å². The summed E-state index contributed by atoms with van der Waals surface area (Å²) in [6.45, 7) is 3.17. The average molecular weight is 489 g/mol. The number of aromatic nitrogens is 1. The lowest BCUT2D eigenvalue weighted by atomic mass is 10.1. The van der Waals surface area contributed by atoms with E-state index in [2.05, 4.69) is 21.2 Å². The summed E-state index contributed by atoms with van der Waals surface area (Å²) in [6, 6.07) is 18.1. The Labute approximate surface area is 183 Å². The van der Waals surface area contributed by atoms with E-state index in [0.29, 0.717) is 12.2 Å². The van der Waals surface area contributed by atoms with Gasteiger partial charge in [0.25, 0.3) is 5.56 Å². The van der Waals surface area contributed by atoms with Crippen LogP contribution >= 0.6 is 15.9 Å². The predicted octanol–water partition coefficient (Wildman–Crippen LogP) is 3.85. The molecule has 0 aliphatic heterocycles. The molecule has 3 rings (SSSR count). The molecule has 0 unspecified atom stereocenters. The lowest BCUT2D eigenvalue weighted by molar-refractivity contribution is -0.117. The Bertz CT molecular complexity index is 1210. The SMILES string of the molecule is CC(C)(C(=O)Nc1ccc(Cn2ccccc2=O)cc1)S(=O)(=O)c1ccc(Br)cc1. The van der Waals surface area contributed by atoms with Crippen LogP contribution in [-0.4, -0.2) is 23.6 Å². The highest BCUT2D eigenvalue weighted by Gasteiger charge is 2.42. The van der Waals surface area contributed by atoms with Crippen molar-refractivity contribution in [2.24, 2.45) is 0 Å².